The summed E-state index contributed by atoms with van der Waals surface area (Å²) in [6, 6.07) is 6.16. The lowest BCUT2D eigenvalue weighted by atomic mass is 10.1. The molecule has 0 spiro atoms. The first-order chi connectivity index (χ1) is 7.33. The normalized spacial score (nSPS) is 11.0. The van der Waals surface area contributed by atoms with Crippen LogP contribution in [0.25, 0.3) is 0 Å². The van der Waals surface area contributed by atoms with Crippen LogP contribution in [0.3, 0.4) is 0 Å². The van der Waals surface area contributed by atoms with E-state index in [2.05, 4.69) is 0 Å². The molecule has 0 aliphatic carbocycles. The predicted molar refractivity (Wildman–Crippen MR) is 60.7 cm³/mol. The molecule has 1 rings (SSSR count). The largest absolute Gasteiger partial charge is 0.389 e. The second-order valence-corrected chi connectivity index (χ2v) is 4.45. The van der Waals surface area contributed by atoms with Gasteiger partial charge in [0.15, 0.2) is 0 Å². The standard InChI is InChI=1S/C12H15FN2O/c1-12(2,16)8-15(3)11-5-4-9(7-14)6-10(11)13/h4-6,16H,8H2,1-3H3. The third-order valence-electron chi connectivity index (χ3n) is 2.11. The van der Waals surface area contributed by atoms with E-state index >= 15 is 0 Å². The van der Waals surface area contributed by atoms with Crippen LogP contribution in [-0.4, -0.2) is 24.3 Å². The molecule has 3 nitrogen and oxygen atoms in total. The first-order valence-electron chi connectivity index (χ1n) is 4.96. The van der Waals surface area contributed by atoms with Crippen molar-refractivity contribution in [2.45, 2.75) is 19.4 Å². The van der Waals surface area contributed by atoms with Crippen molar-refractivity contribution in [2.24, 2.45) is 0 Å². The van der Waals surface area contributed by atoms with E-state index in [1.54, 1.807) is 37.9 Å². The molecule has 0 amide bonds. The highest BCUT2D eigenvalue weighted by Gasteiger charge is 2.18. The number of aliphatic hydroxyl groups is 1. The molecule has 16 heavy (non-hydrogen) atoms. The van der Waals surface area contributed by atoms with E-state index in [4.69, 9.17) is 5.26 Å². The summed E-state index contributed by atoms with van der Waals surface area (Å²) < 4.78 is 13.6. The summed E-state index contributed by atoms with van der Waals surface area (Å²) in [4.78, 5) is 1.62. The predicted octanol–water partition coefficient (Wildman–Crippen LogP) is 1.90. The molecule has 0 saturated heterocycles. The van der Waals surface area contributed by atoms with Gasteiger partial charge in [-0.2, -0.15) is 5.26 Å². The van der Waals surface area contributed by atoms with E-state index < -0.39 is 11.4 Å². The zero-order valence-electron chi connectivity index (χ0n) is 9.66. The number of anilines is 1. The van der Waals surface area contributed by atoms with E-state index in [0.717, 1.165) is 0 Å². The van der Waals surface area contributed by atoms with Gasteiger partial charge in [-0.25, -0.2) is 4.39 Å². The number of halogens is 1. The van der Waals surface area contributed by atoms with Crippen molar-refractivity contribution < 1.29 is 9.50 Å². The Kier molecular flexibility index (Phi) is 3.51. The van der Waals surface area contributed by atoms with Crippen molar-refractivity contribution in [3.63, 3.8) is 0 Å². The molecule has 0 atom stereocenters. The van der Waals surface area contributed by atoms with E-state index in [-0.39, 0.29) is 5.56 Å². The van der Waals surface area contributed by atoms with Gasteiger partial charge < -0.3 is 10.0 Å². The first-order valence-corrected chi connectivity index (χ1v) is 4.96. The SMILES string of the molecule is CN(CC(C)(C)O)c1ccc(C#N)cc1F. The minimum absolute atomic E-state index is 0.290. The van der Waals surface area contributed by atoms with Crippen LogP contribution in [0.5, 0.6) is 0 Å². The average Bonchev–Trinajstić information content (AvgIpc) is 2.14. The van der Waals surface area contributed by atoms with E-state index in [9.17, 15) is 9.50 Å². The van der Waals surface area contributed by atoms with Gasteiger partial charge in [-0.05, 0) is 32.0 Å². The van der Waals surface area contributed by atoms with Crippen LogP contribution in [0.1, 0.15) is 19.4 Å². The van der Waals surface area contributed by atoms with Crippen LogP contribution in [0.2, 0.25) is 0 Å². The Morgan fingerprint density at radius 1 is 1.50 bits per heavy atom. The van der Waals surface area contributed by atoms with Crippen molar-refractivity contribution in [3.05, 3.63) is 29.6 Å². The molecule has 0 radical (unpaired) electrons. The molecule has 0 saturated carbocycles. The fraction of sp³-hybridized carbons (Fsp3) is 0.417. The average molecular weight is 222 g/mol. The molecule has 0 aromatic heterocycles. The van der Waals surface area contributed by atoms with Crippen LogP contribution in [0, 0.1) is 17.1 Å². The molecular weight excluding hydrogens is 207 g/mol. The molecule has 0 bridgehead atoms. The summed E-state index contributed by atoms with van der Waals surface area (Å²) >= 11 is 0. The molecule has 4 heteroatoms. The third kappa shape index (κ3) is 3.21. The zero-order valence-corrected chi connectivity index (χ0v) is 9.66. The van der Waals surface area contributed by atoms with Crippen molar-refractivity contribution in [1.29, 1.82) is 5.26 Å². The van der Waals surface area contributed by atoms with Crippen LogP contribution >= 0.6 is 0 Å². The van der Waals surface area contributed by atoms with Gasteiger partial charge in [0.2, 0.25) is 0 Å². The van der Waals surface area contributed by atoms with E-state index in [1.165, 1.54) is 6.07 Å². The number of benzene rings is 1. The van der Waals surface area contributed by atoms with Crippen LogP contribution in [0.4, 0.5) is 10.1 Å². The van der Waals surface area contributed by atoms with E-state index in [1.807, 2.05) is 6.07 Å². The third-order valence-corrected chi connectivity index (χ3v) is 2.11. The molecule has 0 aliphatic rings. The summed E-state index contributed by atoms with van der Waals surface area (Å²) in [5, 5.41) is 18.2. The Labute approximate surface area is 94.7 Å². The Morgan fingerprint density at radius 3 is 2.56 bits per heavy atom. The summed E-state index contributed by atoms with van der Waals surface area (Å²) in [5.74, 6) is -0.453. The molecule has 1 N–H and O–H groups in total. The molecule has 0 fully saturated rings. The number of nitriles is 1. The Morgan fingerprint density at radius 2 is 2.12 bits per heavy atom. The lowest BCUT2D eigenvalue weighted by molar-refractivity contribution is 0.0885. The van der Waals surface area contributed by atoms with Gasteiger partial charge in [-0.3, -0.25) is 0 Å². The molecule has 86 valence electrons. The summed E-state index contributed by atoms with van der Waals surface area (Å²) in [6.07, 6.45) is 0. The van der Waals surface area contributed by atoms with Crippen LogP contribution < -0.4 is 4.90 Å². The minimum atomic E-state index is -0.894. The molecule has 0 aliphatic heterocycles. The van der Waals surface area contributed by atoms with Crippen molar-refractivity contribution in [3.8, 4) is 6.07 Å². The molecule has 0 unspecified atom stereocenters. The van der Waals surface area contributed by atoms with Crippen LogP contribution in [-0.2, 0) is 0 Å². The number of nitrogens with zero attached hydrogens (tertiary/aromatic N) is 2. The monoisotopic (exact) mass is 222 g/mol. The smallest absolute Gasteiger partial charge is 0.147 e. The maximum absolute atomic E-state index is 13.6. The Bertz CT molecular complexity index is 418. The second-order valence-electron chi connectivity index (χ2n) is 4.45. The number of hydrogen-bond donors (Lipinski definition) is 1. The van der Waals surface area contributed by atoms with Gasteiger partial charge in [-0.1, -0.05) is 0 Å². The van der Waals surface area contributed by atoms with Crippen molar-refractivity contribution in [1.82, 2.24) is 0 Å². The number of likely N-dealkylation sites (N-methyl/N-ethyl adjacent to an activating group) is 1. The first kappa shape index (κ1) is 12.5. The van der Waals surface area contributed by atoms with Gasteiger partial charge in [-0.15, -0.1) is 0 Å². The Balaban J connectivity index is 2.93. The maximum atomic E-state index is 13.6. The lowest BCUT2D eigenvalue weighted by Gasteiger charge is -2.27. The summed E-state index contributed by atoms with van der Waals surface area (Å²) in [5.41, 5.74) is -0.228. The zero-order chi connectivity index (χ0) is 12.3. The second kappa shape index (κ2) is 4.50. The van der Waals surface area contributed by atoms with Gasteiger partial charge >= 0.3 is 0 Å². The van der Waals surface area contributed by atoms with Gasteiger partial charge in [0.25, 0.3) is 0 Å². The highest BCUT2D eigenvalue weighted by molar-refractivity contribution is 5.50. The quantitative estimate of drug-likeness (QED) is 0.849. The fourth-order valence-electron chi connectivity index (χ4n) is 1.55. The summed E-state index contributed by atoms with van der Waals surface area (Å²) in [6.45, 7) is 3.63. The van der Waals surface area contributed by atoms with Crippen LogP contribution in [0.15, 0.2) is 18.2 Å². The fourth-order valence-corrected chi connectivity index (χ4v) is 1.55. The van der Waals surface area contributed by atoms with Gasteiger partial charge in [0.1, 0.15) is 5.82 Å². The topological polar surface area (TPSA) is 47.3 Å². The molecule has 0 heterocycles. The van der Waals surface area contributed by atoms with Crippen molar-refractivity contribution in [2.75, 3.05) is 18.5 Å². The summed E-state index contributed by atoms with van der Waals surface area (Å²) in [7, 11) is 1.70. The molecule has 1 aromatic rings. The molecule has 1 aromatic carbocycles. The van der Waals surface area contributed by atoms with Gasteiger partial charge in [0.05, 0.1) is 22.9 Å². The number of hydrogen-bond acceptors (Lipinski definition) is 3. The molecular formula is C12H15FN2O. The maximum Gasteiger partial charge on any atom is 0.147 e. The van der Waals surface area contributed by atoms with Gasteiger partial charge in [0, 0.05) is 13.6 Å². The van der Waals surface area contributed by atoms with E-state index in [0.29, 0.717) is 12.2 Å². The highest BCUT2D eigenvalue weighted by atomic mass is 19.1. The minimum Gasteiger partial charge on any atom is -0.389 e. The number of rotatable bonds is 3. The highest BCUT2D eigenvalue weighted by Crippen LogP contribution is 2.20. The lowest BCUT2D eigenvalue weighted by Crippen LogP contribution is -2.36. The van der Waals surface area contributed by atoms with Crippen molar-refractivity contribution >= 4 is 5.69 Å². The Hall–Kier alpha value is -1.60.